The molecule has 1 aliphatic heterocycles. The summed E-state index contributed by atoms with van der Waals surface area (Å²) in [5.41, 5.74) is 6.83. The predicted octanol–water partition coefficient (Wildman–Crippen LogP) is 1.96. The first-order chi connectivity index (χ1) is 7.70. The number of aryl methyl sites for hydroxylation is 1. The van der Waals surface area contributed by atoms with Crippen molar-refractivity contribution in [1.29, 1.82) is 0 Å². The zero-order chi connectivity index (χ0) is 11.5. The summed E-state index contributed by atoms with van der Waals surface area (Å²) in [6, 6.07) is 0. The van der Waals surface area contributed by atoms with E-state index in [4.69, 9.17) is 10.5 Å². The molecule has 0 radical (unpaired) electrons. The van der Waals surface area contributed by atoms with Crippen molar-refractivity contribution in [3.63, 3.8) is 0 Å². The molecular formula is C11H16BrN3O. The predicted molar refractivity (Wildman–Crippen MR) is 66.2 cm³/mol. The first kappa shape index (κ1) is 11.8. The Kier molecular flexibility index (Phi) is 3.76. The number of nitrogen functional groups attached to an aromatic ring is 1. The Morgan fingerprint density at radius 1 is 1.50 bits per heavy atom. The lowest BCUT2D eigenvalue weighted by molar-refractivity contribution is 0.185. The van der Waals surface area contributed by atoms with Crippen LogP contribution >= 0.6 is 15.9 Å². The molecule has 4 nitrogen and oxygen atoms in total. The van der Waals surface area contributed by atoms with Gasteiger partial charge >= 0.3 is 0 Å². The summed E-state index contributed by atoms with van der Waals surface area (Å²) in [4.78, 5) is 8.83. The van der Waals surface area contributed by atoms with E-state index >= 15 is 0 Å². The minimum absolute atomic E-state index is 0.542. The van der Waals surface area contributed by atoms with Gasteiger partial charge in [-0.2, -0.15) is 0 Å². The number of hydrogen-bond donors (Lipinski definition) is 1. The Morgan fingerprint density at radius 3 is 2.94 bits per heavy atom. The van der Waals surface area contributed by atoms with E-state index in [-0.39, 0.29) is 0 Å². The number of nitrogens with zero attached hydrogens (tertiary/aromatic N) is 2. The summed E-state index contributed by atoms with van der Waals surface area (Å²) in [6.45, 7) is 3.74. The molecule has 1 aromatic rings. The second kappa shape index (κ2) is 5.10. The fourth-order valence-corrected chi connectivity index (χ4v) is 2.35. The highest BCUT2D eigenvalue weighted by Gasteiger charge is 2.18. The van der Waals surface area contributed by atoms with Crippen molar-refractivity contribution >= 4 is 21.7 Å². The van der Waals surface area contributed by atoms with Crippen LogP contribution in [-0.4, -0.2) is 23.2 Å². The van der Waals surface area contributed by atoms with Gasteiger partial charge in [0.2, 0.25) is 0 Å². The molecule has 0 saturated carbocycles. The second-order valence-electron chi connectivity index (χ2n) is 4.07. The third-order valence-electron chi connectivity index (χ3n) is 2.82. The van der Waals surface area contributed by atoms with Crippen molar-refractivity contribution in [3.8, 4) is 0 Å². The maximum Gasteiger partial charge on any atom is 0.141 e. The van der Waals surface area contributed by atoms with E-state index in [2.05, 4.69) is 32.8 Å². The summed E-state index contributed by atoms with van der Waals surface area (Å²) in [7, 11) is 0. The van der Waals surface area contributed by atoms with Gasteiger partial charge in [-0.05, 0) is 34.7 Å². The smallest absolute Gasteiger partial charge is 0.141 e. The Morgan fingerprint density at radius 2 is 2.31 bits per heavy atom. The van der Waals surface area contributed by atoms with Gasteiger partial charge < -0.3 is 10.5 Å². The van der Waals surface area contributed by atoms with Crippen molar-refractivity contribution in [2.45, 2.75) is 26.2 Å². The number of ether oxygens (including phenoxy) is 1. The lowest BCUT2D eigenvalue weighted by Gasteiger charge is -2.10. The van der Waals surface area contributed by atoms with Crippen LogP contribution in [-0.2, 0) is 17.6 Å². The zero-order valence-electron chi connectivity index (χ0n) is 9.37. The van der Waals surface area contributed by atoms with E-state index in [9.17, 15) is 0 Å². The molecule has 0 spiro atoms. The van der Waals surface area contributed by atoms with Gasteiger partial charge in [0.25, 0.3) is 0 Å². The van der Waals surface area contributed by atoms with Gasteiger partial charge in [-0.1, -0.05) is 6.92 Å². The van der Waals surface area contributed by atoms with Crippen LogP contribution in [0, 0.1) is 5.92 Å². The number of halogens is 1. The molecule has 1 unspecified atom stereocenters. The minimum atomic E-state index is 0.542. The molecule has 88 valence electrons. The third kappa shape index (κ3) is 2.52. The van der Waals surface area contributed by atoms with Gasteiger partial charge in [-0.25, -0.2) is 9.97 Å². The minimum Gasteiger partial charge on any atom is -0.383 e. The molecule has 0 aromatic carbocycles. The highest BCUT2D eigenvalue weighted by molar-refractivity contribution is 9.10. The summed E-state index contributed by atoms with van der Waals surface area (Å²) in [5, 5.41) is 0. The normalized spacial score (nSPS) is 20.2. The van der Waals surface area contributed by atoms with E-state index < -0.39 is 0 Å². The zero-order valence-corrected chi connectivity index (χ0v) is 11.0. The van der Waals surface area contributed by atoms with Crippen LogP contribution in [0.25, 0.3) is 0 Å². The number of anilines is 1. The molecule has 1 saturated heterocycles. The molecule has 1 fully saturated rings. The van der Waals surface area contributed by atoms with Gasteiger partial charge in [0, 0.05) is 19.6 Å². The lowest BCUT2D eigenvalue weighted by atomic mass is 10.0. The number of hydrogen-bond acceptors (Lipinski definition) is 4. The van der Waals surface area contributed by atoms with Gasteiger partial charge in [0.15, 0.2) is 0 Å². The molecule has 16 heavy (non-hydrogen) atoms. The van der Waals surface area contributed by atoms with E-state index in [0.29, 0.717) is 11.7 Å². The molecule has 2 rings (SSSR count). The van der Waals surface area contributed by atoms with E-state index in [1.54, 1.807) is 0 Å². The van der Waals surface area contributed by atoms with Crippen LogP contribution in [0.15, 0.2) is 4.47 Å². The van der Waals surface area contributed by atoms with Crippen LogP contribution in [0.2, 0.25) is 0 Å². The summed E-state index contributed by atoms with van der Waals surface area (Å²) < 4.78 is 6.18. The monoisotopic (exact) mass is 285 g/mol. The average molecular weight is 286 g/mol. The molecule has 2 heterocycles. The Labute approximate surface area is 104 Å². The lowest BCUT2D eigenvalue weighted by Crippen LogP contribution is -2.10. The van der Waals surface area contributed by atoms with Gasteiger partial charge in [-0.15, -0.1) is 0 Å². The fraction of sp³-hybridized carbons (Fsp3) is 0.636. The molecule has 0 aliphatic carbocycles. The number of nitrogens with two attached hydrogens (primary N) is 1. The summed E-state index contributed by atoms with van der Waals surface area (Å²) in [6.07, 6.45) is 2.83. The second-order valence-corrected chi connectivity index (χ2v) is 4.87. The Bertz CT molecular complexity index is 378. The number of aromatic nitrogens is 2. The third-order valence-corrected chi connectivity index (χ3v) is 3.69. The Hall–Kier alpha value is -0.680. The maximum atomic E-state index is 5.84. The van der Waals surface area contributed by atoms with Crippen LogP contribution in [0.1, 0.15) is 24.9 Å². The van der Waals surface area contributed by atoms with Crippen molar-refractivity contribution < 1.29 is 4.74 Å². The largest absolute Gasteiger partial charge is 0.383 e. The maximum absolute atomic E-state index is 5.84. The quantitative estimate of drug-likeness (QED) is 0.922. The van der Waals surface area contributed by atoms with Crippen LogP contribution in [0.3, 0.4) is 0 Å². The fourth-order valence-electron chi connectivity index (χ4n) is 1.89. The highest BCUT2D eigenvalue weighted by Crippen LogP contribution is 2.23. The van der Waals surface area contributed by atoms with Crippen LogP contribution < -0.4 is 5.73 Å². The molecule has 0 amide bonds. The van der Waals surface area contributed by atoms with Crippen molar-refractivity contribution in [2.75, 3.05) is 18.9 Å². The first-order valence-electron chi connectivity index (χ1n) is 5.59. The molecule has 2 N–H and O–H groups in total. The van der Waals surface area contributed by atoms with Crippen LogP contribution in [0.5, 0.6) is 0 Å². The SMILES string of the molecule is CCc1nc(CC2CCOC2)nc(N)c1Br. The van der Waals surface area contributed by atoms with Crippen molar-refractivity contribution in [3.05, 3.63) is 16.0 Å². The number of rotatable bonds is 3. The Balaban J connectivity index is 2.17. The molecule has 5 heteroatoms. The van der Waals surface area contributed by atoms with Crippen LogP contribution in [0.4, 0.5) is 5.82 Å². The van der Waals surface area contributed by atoms with E-state index in [0.717, 1.165) is 48.5 Å². The summed E-state index contributed by atoms with van der Waals surface area (Å²) >= 11 is 3.41. The molecule has 1 atom stereocenters. The molecule has 1 aliphatic rings. The first-order valence-corrected chi connectivity index (χ1v) is 6.38. The average Bonchev–Trinajstić information content (AvgIpc) is 2.76. The molecular weight excluding hydrogens is 270 g/mol. The summed E-state index contributed by atoms with van der Waals surface area (Å²) in [5.74, 6) is 1.93. The molecule has 1 aromatic heterocycles. The van der Waals surface area contributed by atoms with E-state index in [1.807, 2.05) is 0 Å². The van der Waals surface area contributed by atoms with E-state index in [1.165, 1.54) is 0 Å². The highest BCUT2D eigenvalue weighted by atomic mass is 79.9. The van der Waals surface area contributed by atoms with Crippen molar-refractivity contribution in [1.82, 2.24) is 9.97 Å². The standard InChI is InChI=1S/C11H16BrN3O/c1-2-8-10(12)11(13)15-9(14-8)5-7-3-4-16-6-7/h7H,2-6H2,1H3,(H2,13,14,15). The van der Waals surface area contributed by atoms with Gasteiger partial charge in [-0.3, -0.25) is 0 Å². The van der Waals surface area contributed by atoms with Gasteiger partial charge in [0.1, 0.15) is 11.6 Å². The van der Waals surface area contributed by atoms with Gasteiger partial charge in [0.05, 0.1) is 10.2 Å². The van der Waals surface area contributed by atoms with Crippen molar-refractivity contribution in [2.24, 2.45) is 5.92 Å². The topological polar surface area (TPSA) is 61.0 Å². The molecule has 0 bridgehead atoms.